The summed E-state index contributed by atoms with van der Waals surface area (Å²) in [6.45, 7) is 6.75. The third-order valence-corrected chi connectivity index (χ3v) is 6.53. The van der Waals surface area contributed by atoms with Gasteiger partial charge in [0.2, 0.25) is 0 Å². The van der Waals surface area contributed by atoms with Crippen molar-refractivity contribution in [3.8, 4) is 39.4 Å². The van der Waals surface area contributed by atoms with E-state index in [2.05, 4.69) is 112 Å². The summed E-state index contributed by atoms with van der Waals surface area (Å²) in [5.41, 5.74) is 9.37. The van der Waals surface area contributed by atoms with Gasteiger partial charge in [-0.15, -0.1) is 0 Å². The monoisotopic (exact) mass is 437 g/mol. The maximum Gasteiger partial charge on any atom is 0.0991 e. The highest BCUT2D eigenvalue weighted by atomic mass is 14.2. The molecule has 5 aromatic carbocycles. The summed E-state index contributed by atoms with van der Waals surface area (Å²) < 4.78 is 0. The lowest BCUT2D eigenvalue weighted by Gasteiger charge is -2.19. The SMILES string of the molecule is CC(C)(C)c1ccc(-c2ccc(-c3ccc(-c4ccc(C#N)cc4)cc3)c3ccccc23)cc1. The molecule has 0 aliphatic heterocycles. The predicted molar refractivity (Wildman–Crippen MR) is 144 cm³/mol. The first-order valence-corrected chi connectivity index (χ1v) is 11.7. The molecule has 0 aliphatic carbocycles. The van der Waals surface area contributed by atoms with Crippen LogP contribution in [0.4, 0.5) is 0 Å². The molecule has 34 heavy (non-hydrogen) atoms. The van der Waals surface area contributed by atoms with Crippen LogP contribution >= 0.6 is 0 Å². The molecule has 0 heterocycles. The van der Waals surface area contributed by atoms with E-state index in [1.165, 1.54) is 38.6 Å². The first kappa shape index (κ1) is 21.7. The minimum atomic E-state index is 0.147. The van der Waals surface area contributed by atoms with Gasteiger partial charge in [0.15, 0.2) is 0 Å². The maximum atomic E-state index is 9.03. The number of nitriles is 1. The Hall–Kier alpha value is -4.15. The average Bonchev–Trinajstić information content (AvgIpc) is 2.88. The van der Waals surface area contributed by atoms with Crippen molar-refractivity contribution in [2.24, 2.45) is 0 Å². The molecule has 0 unspecified atom stereocenters. The molecule has 0 saturated heterocycles. The summed E-state index contributed by atoms with van der Waals surface area (Å²) >= 11 is 0. The molecular weight excluding hydrogens is 410 g/mol. The summed E-state index contributed by atoms with van der Waals surface area (Å²) in [6.07, 6.45) is 0. The van der Waals surface area contributed by atoms with Crippen LogP contribution in [0.2, 0.25) is 0 Å². The van der Waals surface area contributed by atoms with Crippen LogP contribution in [0.15, 0.2) is 109 Å². The van der Waals surface area contributed by atoms with Gasteiger partial charge in [-0.25, -0.2) is 0 Å². The zero-order valence-electron chi connectivity index (χ0n) is 19.8. The van der Waals surface area contributed by atoms with E-state index in [1.807, 2.05) is 24.3 Å². The van der Waals surface area contributed by atoms with E-state index in [0.29, 0.717) is 5.56 Å². The first-order chi connectivity index (χ1) is 16.4. The maximum absolute atomic E-state index is 9.03. The second-order valence-corrected chi connectivity index (χ2v) is 9.80. The molecular formula is C33H27N. The molecule has 164 valence electrons. The topological polar surface area (TPSA) is 23.8 Å². The number of rotatable bonds is 3. The molecule has 1 nitrogen and oxygen atoms in total. The van der Waals surface area contributed by atoms with Gasteiger partial charge in [-0.3, -0.25) is 0 Å². The van der Waals surface area contributed by atoms with Crippen LogP contribution in [0.1, 0.15) is 31.9 Å². The van der Waals surface area contributed by atoms with Crippen LogP contribution in [-0.2, 0) is 5.41 Å². The van der Waals surface area contributed by atoms with Crippen LogP contribution < -0.4 is 0 Å². The van der Waals surface area contributed by atoms with Gasteiger partial charge in [0.25, 0.3) is 0 Å². The molecule has 0 fully saturated rings. The van der Waals surface area contributed by atoms with Gasteiger partial charge in [-0.1, -0.05) is 118 Å². The molecule has 0 atom stereocenters. The summed E-state index contributed by atoms with van der Waals surface area (Å²) in [7, 11) is 0. The summed E-state index contributed by atoms with van der Waals surface area (Å²) in [4.78, 5) is 0. The quantitative estimate of drug-likeness (QED) is 0.276. The lowest BCUT2D eigenvalue weighted by atomic mass is 9.85. The lowest BCUT2D eigenvalue weighted by molar-refractivity contribution is 0.590. The molecule has 0 aliphatic rings. The van der Waals surface area contributed by atoms with Crippen LogP contribution in [0.25, 0.3) is 44.2 Å². The van der Waals surface area contributed by atoms with E-state index < -0.39 is 0 Å². The largest absolute Gasteiger partial charge is 0.192 e. The van der Waals surface area contributed by atoms with Crippen LogP contribution in [-0.4, -0.2) is 0 Å². The number of fused-ring (bicyclic) bond motifs is 1. The summed E-state index contributed by atoms with van der Waals surface area (Å²) in [5.74, 6) is 0. The molecule has 0 amide bonds. The predicted octanol–water partition coefficient (Wildman–Crippen LogP) is 9.01. The van der Waals surface area contributed by atoms with Gasteiger partial charge in [0.05, 0.1) is 11.6 Å². The summed E-state index contributed by atoms with van der Waals surface area (Å²) in [6, 6.07) is 40.7. The van der Waals surface area contributed by atoms with Crippen molar-refractivity contribution in [1.29, 1.82) is 5.26 Å². The van der Waals surface area contributed by atoms with Crippen LogP contribution in [0.3, 0.4) is 0 Å². The number of hydrogen-bond acceptors (Lipinski definition) is 1. The van der Waals surface area contributed by atoms with E-state index in [0.717, 1.165) is 11.1 Å². The Morgan fingerprint density at radius 1 is 0.500 bits per heavy atom. The highest BCUT2D eigenvalue weighted by Crippen LogP contribution is 2.37. The Balaban J connectivity index is 1.53. The van der Waals surface area contributed by atoms with Crippen LogP contribution in [0, 0.1) is 11.3 Å². The van der Waals surface area contributed by atoms with Gasteiger partial charge >= 0.3 is 0 Å². The van der Waals surface area contributed by atoms with E-state index >= 15 is 0 Å². The molecule has 0 saturated carbocycles. The highest BCUT2D eigenvalue weighted by molar-refractivity contribution is 6.05. The number of hydrogen-bond donors (Lipinski definition) is 0. The lowest BCUT2D eigenvalue weighted by Crippen LogP contribution is -2.10. The van der Waals surface area contributed by atoms with E-state index in [4.69, 9.17) is 5.26 Å². The molecule has 0 spiro atoms. The molecule has 5 aromatic rings. The first-order valence-electron chi connectivity index (χ1n) is 11.7. The van der Waals surface area contributed by atoms with Crippen molar-refractivity contribution >= 4 is 10.8 Å². The van der Waals surface area contributed by atoms with E-state index in [9.17, 15) is 0 Å². The van der Waals surface area contributed by atoms with Crippen LogP contribution in [0.5, 0.6) is 0 Å². The van der Waals surface area contributed by atoms with Crippen molar-refractivity contribution in [2.45, 2.75) is 26.2 Å². The van der Waals surface area contributed by atoms with Gasteiger partial charge in [0.1, 0.15) is 0 Å². The standard InChI is InChI=1S/C33H27N/c1-33(2,3)28-18-16-27(17-19-28)30-21-20-29(31-6-4-5-7-32(30)31)26-14-12-25(13-15-26)24-10-8-23(22-34)9-11-24/h4-21H,1-3H3. The molecule has 1 heteroatoms. The van der Waals surface area contributed by atoms with E-state index in [1.54, 1.807) is 0 Å². The fourth-order valence-electron chi connectivity index (χ4n) is 4.53. The highest BCUT2D eigenvalue weighted by Gasteiger charge is 2.14. The van der Waals surface area contributed by atoms with Crippen molar-refractivity contribution in [2.75, 3.05) is 0 Å². The Morgan fingerprint density at radius 2 is 0.912 bits per heavy atom. The molecule has 5 rings (SSSR count). The third kappa shape index (κ3) is 4.12. The second-order valence-electron chi connectivity index (χ2n) is 9.80. The van der Waals surface area contributed by atoms with Crippen molar-refractivity contribution in [3.05, 3.63) is 120 Å². The summed E-state index contributed by atoms with van der Waals surface area (Å²) in [5, 5.41) is 11.6. The molecule has 0 aromatic heterocycles. The minimum absolute atomic E-state index is 0.147. The Kier molecular flexibility index (Phi) is 5.52. The van der Waals surface area contributed by atoms with E-state index in [-0.39, 0.29) is 5.41 Å². The molecule has 0 bridgehead atoms. The van der Waals surface area contributed by atoms with Gasteiger partial charge < -0.3 is 0 Å². The Bertz CT molecular complexity index is 1490. The number of benzene rings is 5. The van der Waals surface area contributed by atoms with Gasteiger partial charge in [0, 0.05) is 0 Å². The third-order valence-electron chi connectivity index (χ3n) is 6.53. The Labute approximate surface area is 202 Å². The van der Waals surface area contributed by atoms with Crippen molar-refractivity contribution < 1.29 is 0 Å². The fraction of sp³-hybridized carbons (Fsp3) is 0.121. The van der Waals surface area contributed by atoms with Crippen molar-refractivity contribution in [1.82, 2.24) is 0 Å². The van der Waals surface area contributed by atoms with Gasteiger partial charge in [-0.2, -0.15) is 5.26 Å². The van der Waals surface area contributed by atoms with Gasteiger partial charge in [-0.05, 0) is 67.3 Å². The zero-order valence-corrected chi connectivity index (χ0v) is 19.8. The fourth-order valence-corrected chi connectivity index (χ4v) is 4.53. The zero-order chi connectivity index (χ0) is 23.7. The second kappa shape index (κ2) is 8.65. The number of nitrogens with zero attached hydrogens (tertiary/aromatic N) is 1. The average molecular weight is 438 g/mol. The Morgan fingerprint density at radius 3 is 1.35 bits per heavy atom. The minimum Gasteiger partial charge on any atom is -0.192 e. The molecule has 0 N–H and O–H groups in total. The normalized spacial score (nSPS) is 11.4. The molecule has 0 radical (unpaired) electrons. The van der Waals surface area contributed by atoms with Crippen molar-refractivity contribution in [3.63, 3.8) is 0 Å². The smallest absolute Gasteiger partial charge is 0.0991 e.